The molecule has 0 aliphatic carbocycles. The van der Waals surface area contributed by atoms with Crippen molar-refractivity contribution in [2.45, 2.75) is 128 Å². The van der Waals surface area contributed by atoms with Crippen molar-refractivity contribution in [3.8, 4) is 17.2 Å². The number of hydrogen-bond acceptors (Lipinski definition) is 27. The minimum Gasteiger partial charge on any atom is -0.491 e. The number of hydrogen-bond donors (Lipinski definition) is 15. The van der Waals surface area contributed by atoms with Crippen molar-refractivity contribution in [1.29, 1.82) is 0 Å². The molecule has 8 rings (SSSR count). The molecule has 108 heavy (non-hydrogen) atoms. The molecule has 4 aliphatic heterocycles. The average Bonchev–Trinajstić information content (AvgIpc) is 1.56. The molecule has 0 bridgehead atoms. The number of nitro benzene ring substituents is 1. The number of carbonyl (C=O) groups excluding carboxylic acids is 9. The number of urea groups is 2. The van der Waals surface area contributed by atoms with Gasteiger partial charge in [-0.1, -0.05) is 25.1 Å². The van der Waals surface area contributed by atoms with Crippen molar-refractivity contribution >= 4 is 75.6 Å². The molecule has 0 spiro atoms. The van der Waals surface area contributed by atoms with Crippen LogP contribution in [0.2, 0.25) is 0 Å². The maximum Gasteiger partial charge on any atom is 0.407 e. The molecule has 36 heteroatoms. The fraction of sp³-hybridized carbons (Fsp3) is 0.556. The smallest absolute Gasteiger partial charge is 0.407 e. The number of likely N-dealkylation sites (tertiary alicyclic amines) is 1. The number of allylic oxidation sites excluding steroid dienone is 1. The van der Waals surface area contributed by atoms with Crippen LogP contribution in [0.1, 0.15) is 114 Å². The molecule has 0 radical (unpaired) electrons. The largest absolute Gasteiger partial charge is 0.491 e. The second-order valence-corrected chi connectivity index (χ2v) is 22.2. The summed E-state index contributed by atoms with van der Waals surface area (Å²) in [6, 6.07) is 14.6. The van der Waals surface area contributed by atoms with E-state index in [1.54, 1.807) is 62.2 Å². The molecule has 610 valence electrons. The highest BCUT2D eigenvalue weighted by Gasteiger charge is 2.43. The summed E-state index contributed by atoms with van der Waals surface area (Å²) in [4.78, 5) is 135. The third-order valence-electron chi connectivity index (χ3n) is 15.3. The van der Waals surface area contributed by atoms with Gasteiger partial charge in [0, 0.05) is 99.8 Å². The summed E-state index contributed by atoms with van der Waals surface area (Å²) in [5, 5.41) is 36.5. The third-order valence-corrected chi connectivity index (χ3v) is 15.3. The SMILES string of the molecule is CC(=O)CC1=CCOc2cc(OCCO)ccc21.CN.CN.CN.CN.CN.CN.CN.CN.CNC(=O)NCCCC[C@@H]1NC(=O)[C@@H]2CCCN2C1=O.CNC(=O)NCCCC[C@H](NC(=O)OCC(C)c1ccccc1[N+](=O)[O-])C(=O)N1CCC[C@H]1C(=O)OCCOc1ccc2c(CC(C)=O)cc(=O)oc2c1. The van der Waals surface area contributed by atoms with Gasteiger partial charge in [0.2, 0.25) is 17.7 Å². The molecule has 23 N–H and O–H groups in total. The Hall–Kier alpha value is -9.92. The molecule has 3 saturated heterocycles. The third kappa shape index (κ3) is 37.1. The number of nitrogens with zero attached hydrogens (tertiary/aromatic N) is 3. The number of unbranched alkanes of at least 4 members (excludes halogenated alkanes) is 2. The number of Topliss-reactive ketones (excluding diaryl/α,β-unsaturated/α-hetero) is 2. The van der Waals surface area contributed by atoms with Gasteiger partial charge in [0.05, 0.1) is 11.5 Å². The van der Waals surface area contributed by atoms with Crippen LogP contribution in [0.3, 0.4) is 0 Å². The molecule has 1 aromatic heterocycles. The average molecular weight is 1530 g/mol. The quantitative estimate of drug-likeness (QED) is 0.0127. The van der Waals surface area contributed by atoms with E-state index in [1.165, 1.54) is 93.5 Å². The summed E-state index contributed by atoms with van der Waals surface area (Å²) in [7, 11) is 15.1. The van der Waals surface area contributed by atoms with Crippen molar-refractivity contribution in [3.05, 3.63) is 110 Å². The van der Waals surface area contributed by atoms with Crippen LogP contribution in [0, 0.1) is 10.1 Å². The van der Waals surface area contributed by atoms with E-state index in [2.05, 4.69) is 77.8 Å². The molecule has 5 atom stereocenters. The second kappa shape index (κ2) is 62.2. The van der Waals surface area contributed by atoms with Crippen molar-refractivity contribution in [2.75, 3.05) is 136 Å². The number of rotatable bonds is 28. The lowest BCUT2D eigenvalue weighted by atomic mass is 9.98. The van der Waals surface area contributed by atoms with Crippen LogP contribution >= 0.6 is 0 Å². The van der Waals surface area contributed by atoms with Gasteiger partial charge >= 0.3 is 29.8 Å². The summed E-state index contributed by atoms with van der Waals surface area (Å²) in [5.41, 5.74) is 38.4. The van der Waals surface area contributed by atoms with Gasteiger partial charge in [0.1, 0.15) is 91.6 Å². The number of aliphatic hydroxyl groups is 1. The monoisotopic (exact) mass is 1530 g/mol. The molecule has 36 nitrogen and oxygen atoms in total. The minimum atomic E-state index is -1.07. The first-order valence-corrected chi connectivity index (χ1v) is 35.4. The zero-order valence-corrected chi connectivity index (χ0v) is 65.1. The Morgan fingerprint density at radius 3 is 1.89 bits per heavy atom. The summed E-state index contributed by atoms with van der Waals surface area (Å²) >= 11 is 0. The van der Waals surface area contributed by atoms with Crippen molar-refractivity contribution in [3.63, 3.8) is 0 Å². The summed E-state index contributed by atoms with van der Waals surface area (Å²) < 4.78 is 32.7. The van der Waals surface area contributed by atoms with E-state index in [9.17, 15) is 58.1 Å². The molecule has 8 amide bonds. The Kier molecular flexibility index (Phi) is 58.8. The molecular formula is C72H123N17O19. The summed E-state index contributed by atoms with van der Waals surface area (Å²) in [5.74, 6) is 0.132. The lowest BCUT2D eigenvalue weighted by Gasteiger charge is -2.34. The lowest BCUT2D eigenvalue weighted by molar-refractivity contribution is -0.385. The number of alkyl carbamates (subject to hydrolysis) is 1. The van der Waals surface area contributed by atoms with Gasteiger partial charge in [-0.3, -0.25) is 34.1 Å². The van der Waals surface area contributed by atoms with E-state index in [1.807, 2.05) is 18.2 Å². The van der Waals surface area contributed by atoms with Crippen molar-refractivity contribution in [1.82, 2.24) is 41.7 Å². The van der Waals surface area contributed by atoms with E-state index in [4.69, 9.17) is 33.2 Å². The molecule has 0 saturated carbocycles. The summed E-state index contributed by atoms with van der Waals surface area (Å²) in [6.07, 6.45) is 7.41. The molecule has 4 aromatic rings. The minimum absolute atomic E-state index is 0.0180. The molecule has 3 aromatic carbocycles. The highest BCUT2D eigenvalue weighted by molar-refractivity contribution is 5.97. The van der Waals surface area contributed by atoms with Crippen LogP contribution in [0.15, 0.2) is 82.0 Å². The Morgan fingerprint density at radius 2 is 1.29 bits per heavy atom. The topological polar surface area (TPSA) is 580 Å². The van der Waals surface area contributed by atoms with Crippen LogP contribution in [0.5, 0.6) is 17.2 Å². The second-order valence-electron chi connectivity index (χ2n) is 22.2. The highest BCUT2D eigenvalue weighted by atomic mass is 16.6. The number of nitrogens with one attached hydrogen (secondary N) is 6. The molecule has 5 heterocycles. The van der Waals surface area contributed by atoms with E-state index in [-0.39, 0.29) is 105 Å². The van der Waals surface area contributed by atoms with Gasteiger partial charge in [0.25, 0.3) is 5.69 Å². The Bertz CT molecular complexity index is 3380. The first-order chi connectivity index (χ1) is 52.2. The van der Waals surface area contributed by atoms with E-state index in [0.29, 0.717) is 92.8 Å². The predicted octanol–water partition coefficient (Wildman–Crippen LogP) is 1.73. The maximum absolute atomic E-state index is 13.8. The van der Waals surface area contributed by atoms with Gasteiger partial charge in [-0.05, 0) is 176 Å². The van der Waals surface area contributed by atoms with Gasteiger partial charge < -0.3 is 121 Å². The van der Waals surface area contributed by atoms with Gasteiger partial charge in [-0.2, -0.15) is 0 Å². The van der Waals surface area contributed by atoms with E-state index < -0.39 is 52.6 Å². The predicted molar refractivity (Wildman–Crippen MR) is 416 cm³/mol. The molecule has 3 fully saturated rings. The molecule has 4 aliphatic rings. The fourth-order valence-corrected chi connectivity index (χ4v) is 10.9. The molecular weight excluding hydrogens is 1410 g/mol. The Balaban J connectivity index is -0.00000166. The van der Waals surface area contributed by atoms with Gasteiger partial charge in [-0.15, -0.1) is 0 Å². The number of benzene rings is 3. The van der Waals surface area contributed by atoms with Crippen LogP contribution in [0.25, 0.3) is 16.5 Å². The van der Waals surface area contributed by atoms with Gasteiger partial charge in [-0.25, -0.2) is 24.0 Å². The van der Waals surface area contributed by atoms with Crippen LogP contribution in [-0.2, 0) is 44.7 Å². The fourth-order valence-electron chi connectivity index (χ4n) is 10.9. The Labute approximate surface area is 633 Å². The number of nitrogens with two attached hydrogens (primary N) is 8. The zero-order chi connectivity index (χ0) is 82.7. The normalized spacial score (nSPS) is 14.7. The summed E-state index contributed by atoms with van der Waals surface area (Å²) in [6.45, 7) is 6.87. The van der Waals surface area contributed by atoms with Crippen LogP contribution < -0.4 is 97.6 Å². The number of ketones is 2. The van der Waals surface area contributed by atoms with Crippen molar-refractivity contribution in [2.24, 2.45) is 45.9 Å². The number of esters is 1. The number of piperazine rings is 1. The number of amides is 8. The maximum atomic E-state index is 13.8. The number of aliphatic hydroxyl groups excluding tert-OH is 1. The number of ether oxygens (including phenoxy) is 5. The van der Waals surface area contributed by atoms with Crippen LogP contribution in [0.4, 0.5) is 20.1 Å². The number of nitro groups is 1. The standard InChI is InChI=1S/C37H45N5O12.C14H16O4.C13H22N4O3.8CH5N/c1-23(27-9-4-5-11-30(27)42(49)50)22-53-37(48)40-29(10-6-7-15-39-36(47)38-3)34(45)41-16-8-12-31(41)35(46)52-18-17-51-26-13-14-28-25(19-24(2)43)20-33(44)54-32(28)21-26;1-10(16)8-11-4-6-18-14-9-12(17-7-5-15)2-3-13(11)14;1-14-13(20)15-7-3-2-5-9-12(19)17-8-4-6-10(17)11(18)16-9;8*1-2/h4-5,9,11,13-14,20-21,23,29,31H,6-8,10,12,15-19,22H2,1-3H3,(H,40,48)(H2,38,39,47);2-4,9,15H,5-8H2,1H3;9-10H,2-8H2,1H3,(H,16,18)(H2,14,15,20);8*2H2,1H3/t23?,29-,31-;;9-,10-;;;;;;;;/m0.0......../s1. The number of fused-ring (bicyclic) bond motifs is 3. The first-order valence-electron chi connectivity index (χ1n) is 35.4. The number of para-hydroxylation sites is 1. The number of carbonyl (C=O) groups is 9. The Morgan fingerprint density at radius 1 is 0.704 bits per heavy atom. The molecule has 1 unspecified atom stereocenters. The van der Waals surface area contributed by atoms with Gasteiger partial charge in [0.15, 0.2) is 0 Å². The first kappa shape index (κ1) is 102. The van der Waals surface area contributed by atoms with Crippen LogP contribution in [-0.4, -0.2) is 234 Å². The van der Waals surface area contributed by atoms with E-state index in [0.717, 1.165) is 42.6 Å². The highest BCUT2D eigenvalue weighted by Crippen LogP contribution is 2.35. The lowest BCUT2D eigenvalue weighted by Crippen LogP contribution is -2.61. The van der Waals surface area contributed by atoms with E-state index >= 15 is 0 Å². The van der Waals surface area contributed by atoms with Crippen molar-refractivity contribution < 1.29 is 81.3 Å². The zero-order valence-electron chi connectivity index (χ0n) is 65.1.